The van der Waals surface area contributed by atoms with Crippen molar-refractivity contribution in [3.05, 3.63) is 29.3 Å². The van der Waals surface area contributed by atoms with Crippen LogP contribution in [0.1, 0.15) is 23.7 Å². The number of rotatable bonds is 5. The molecule has 4 nitrogen and oxygen atoms in total. The number of benzene rings is 1. The minimum atomic E-state index is -0.962. The lowest BCUT2D eigenvalue weighted by Crippen LogP contribution is -2.17. The molecule has 0 bridgehead atoms. The zero-order chi connectivity index (χ0) is 14.6. The summed E-state index contributed by atoms with van der Waals surface area (Å²) in [4.78, 5) is 23.0. The highest BCUT2D eigenvalue weighted by Gasteiger charge is 2.22. The molecule has 0 N–H and O–H groups in total. The highest BCUT2D eigenvalue weighted by molar-refractivity contribution is 5.99. The molecule has 0 spiro atoms. The molecule has 0 amide bonds. The number of ketones is 1. The summed E-state index contributed by atoms with van der Waals surface area (Å²) in [7, 11) is 2.33. The molecule has 0 aromatic heterocycles. The summed E-state index contributed by atoms with van der Waals surface area (Å²) in [5.41, 5.74) is -0.146. The van der Waals surface area contributed by atoms with E-state index in [0.717, 1.165) is 19.2 Å². The van der Waals surface area contributed by atoms with Crippen molar-refractivity contribution in [2.75, 3.05) is 14.2 Å². The molecule has 1 atom stereocenters. The van der Waals surface area contributed by atoms with Crippen LogP contribution in [0.5, 0.6) is 5.75 Å². The zero-order valence-corrected chi connectivity index (χ0v) is 10.8. The van der Waals surface area contributed by atoms with E-state index in [1.165, 1.54) is 14.0 Å². The van der Waals surface area contributed by atoms with Gasteiger partial charge in [0.1, 0.15) is 0 Å². The molecule has 0 heterocycles. The smallest absolute Gasteiger partial charge is 0.306 e. The van der Waals surface area contributed by atoms with Gasteiger partial charge in [-0.1, -0.05) is 6.92 Å². The van der Waals surface area contributed by atoms with E-state index in [2.05, 4.69) is 9.47 Å². The van der Waals surface area contributed by atoms with Gasteiger partial charge in [-0.05, 0) is 12.1 Å². The van der Waals surface area contributed by atoms with Crippen LogP contribution in [-0.4, -0.2) is 26.0 Å². The number of halogens is 2. The molecular weight excluding hydrogens is 258 g/mol. The molecule has 1 aromatic rings. The Morgan fingerprint density at radius 3 is 2.16 bits per heavy atom. The quantitative estimate of drug-likeness (QED) is 0.610. The second-order valence-corrected chi connectivity index (χ2v) is 4.02. The Bertz CT molecular complexity index is 476. The summed E-state index contributed by atoms with van der Waals surface area (Å²) in [5.74, 6) is -4.29. The molecule has 0 aliphatic rings. The van der Waals surface area contributed by atoms with E-state index < -0.39 is 35.1 Å². The van der Waals surface area contributed by atoms with Crippen molar-refractivity contribution in [3.8, 4) is 5.75 Å². The van der Waals surface area contributed by atoms with Gasteiger partial charge < -0.3 is 9.47 Å². The summed E-state index contributed by atoms with van der Waals surface area (Å²) in [6.45, 7) is 1.49. The third-order valence-electron chi connectivity index (χ3n) is 2.64. The molecule has 1 unspecified atom stereocenters. The fourth-order valence-electron chi connectivity index (χ4n) is 1.61. The largest absolute Gasteiger partial charge is 0.491 e. The van der Waals surface area contributed by atoms with Gasteiger partial charge in [-0.25, -0.2) is 8.78 Å². The van der Waals surface area contributed by atoms with E-state index in [-0.39, 0.29) is 12.0 Å². The number of methoxy groups -OCH3 is 2. The van der Waals surface area contributed by atoms with Crippen LogP contribution in [0.4, 0.5) is 8.78 Å². The van der Waals surface area contributed by atoms with Gasteiger partial charge in [0.15, 0.2) is 23.2 Å². The van der Waals surface area contributed by atoms with Gasteiger partial charge in [0, 0.05) is 11.5 Å². The Kier molecular flexibility index (Phi) is 4.97. The number of hydrogen-bond donors (Lipinski definition) is 0. The van der Waals surface area contributed by atoms with Crippen molar-refractivity contribution in [1.29, 1.82) is 0 Å². The molecule has 6 heteroatoms. The summed E-state index contributed by atoms with van der Waals surface area (Å²) in [6.07, 6.45) is -0.148. The van der Waals surface area contributed by atoms with Crippen molar-refractivity contribution >= 4 is 11.8 Å². The zero-order valence-electron chi connectivity index (χ0n) is 10.8. The van der Waals surface area contributed by atoms with E-state index in [4.69, 9.17) is 0 Å². The molecule has 0 fully saturated rings. The molecule has 0 aliphatic carbocycles. The van der Waals surface area contributed by atoms with E-state index in [9.17, 15) is 18.4 Å². The van der Waals surface area contributed by atoms with Crippen LogP contribution in [0, 0.1) is 17.6 Å². The minimum Gasteiger partial charge on any atom is -0.491 e. The topological polar surface area (TPSA) is 52.6 Å². The Morgan fingerprint density at radius 2 is 1.74 bits per heavy atom. The summed E-state index contributed by atoms with van der Waals surface area (Å²) in [5, 5.41) is 0. The van der Waals surface area contributed by atoms with Crippen LogP contribution >= 0.6 is 0 Å². The summed E-state index contributed by atoms with van der Waals surface area (Å²) < 4.78 is 35.9. The number of carbonyl (C=O) groups is 2. The fourth-order valence-corrected chi connectivity index (χ4v) is 1.61. The van der Waals surface area contributed by atoms with Crippen LogP contribution in [0.15, 0.2) is 12.1 Å². The van der Waals surface area contributed by atoms with Gasteiger partial charge in [0.25, 0.3) is 0 Å². The number of ether oxygens (including phenoxy) is 2. The summed E-state index contributed by atoms with van der Waals surface area (Å²) >= 11 is 0. The number of Topliss-reactive ketones (excluding diaryl/α,β-unsaturated/α-hetero) is 1. The monoisotopic (exact) mass is 272 g/mol. The fraction of sp³-hybridized carbons (Fsp3) is 0.385. The molecule has 1 aromatic carbocycles. The maximum Gasteiger partial charge on any atom is 0.306 e. The first-order valence-electron chi connectivity index (χ1n) is 5.54. The molecule has 0 aliphatic heterocycles. The molecule has 1 rings (SSSR count). The van der Waals surface area contributed by atoms with Crippen LogP contribution in [0.25, 0.3) is 0 Å². The van der Waals surface area contributed by atoms with Crippen molar-refractivity contribution in [1.82, 2.24) is 0 Å². The predicted octanol–water partition coefficient (Wildman–Crippen LogP) is 2.36. The lowest BCUT2D eigenvalue weighted by atomic mass is 9.96. The van der Waals surface area contributed by atoms with Crippen LogP contribution in [-0.2, 0) is 9.53 Å². The molecule has 19 heavy (non-hydrogen) atoms. The second kappa shape index (κ2) is 6.26. The normalized spacial score (nSPS) is 11.8. The van der Waals surface area contributed by atoms with Gasteiger partial charge in [0.2, 0.25) is 0 Å². The number of esters is 1. The Balaban J connectivity index is 2.97. The lowest BCUT2D eigenvalue weighted by Gasteiger charge is -2.10. The number of hydrogen-bond acceptors (Lipinski definition) is 4. The van der Waals surface area contributed by atoms with Gasteiger partial charge in [-0.2, -0.15) is 0 Å². The predicted molar refractivity (Wildman–Crippen MR) is 63.0 cm³/mol. The first-order valence-corrected chi connectivity index (χ1v) is 5.54. The molecular formula is C13H14F2O4. The first-order chi connectivity index (χ1) is 8.90. The molecule has 0 saturated heterocycles. The third kappa shape index (κ3) is 3.49. The third-order valence-corrected chi connectivity index (χ3v) is 2.64. The average Bonchev–Trinajstić information content (AvgIpc) is 2.37. The Morgan fingerprint density at radius 1 is 1.21 bits per heavy atom. The van der Waals surface area contributed by atoms with Gasteiger partial charge in [-0.15, -0.1) is 0 Å². The lowest BCUT2D eigenvalue weighted by molar-refractivity contribution is -0.141. The van der Waals surface area contributed by atoms with Gasteiger partial charge in [-0.3, -0.25) is 9.59 Å². The van der Waals surface area contributed by atoms with Crippen LogP contribution < -0.4 is 4.74 Å². The van der Waals surface area contributed by atoms with Crippen molar-refractivity contribution in [2.45, 2.75) is 13.3 Å². The van der Waals surface area contributed by atoms with Crippen molar-refractivity contribution in [2.24, 2.45) is 5.92 Å². The minimum absolute atomic E-state index is 0.146. The van der Waals surface area contributed by atoms with E-state index in [0.29, 0.717) is 0 Å². The molecule has 0 saturated carbocycles. The van der Waals surface area contributed by atoms with E-state index in [1.54, 1.807) is 0 Å². The standard InChI is InChI=1S/C13H14F2O4/c1-7(4-11(16)18-2)12(17)8-5-9(14)13(19-3)10(15)6-8/h5-7H,4H2,1-3H3. The highest BCUT2D eigenvalue weighted by Crippen LogP contribution is 2.24. The van der Waals surface area contributed by atoms with Gasteiger partial charge >= 0.3 is 5.97 Å². The highest BCUT2D eigenvalue weighted by atomic mass is 19.1. The van der Waals surface area contributed by atoms with Crippen molar-refractivity contribution < 1.29 is 27.8 Å². The maximum atomic E-state index is 13.5. The Hall–Kier alpha value is -1.98. The average molecular weight is 272 g/mol. The van der Waals surface area contributed by atoms with Crippen LogP contribution in [0.2, 0.25) is 0 Å². The molecule has 0 radical (unpaired) electrons. The van der Waals surface area contributed by atoms with Crippen molar-refractivity contribution in [3.63, 3.8) is 0 Å². The van der Waals surface area contributed by atoms with E-state index >= 15 is 0 Å². The van der Waals surface area contributed by atoms with E-state index in [1.807, 2.05) is 0 Å². The second-order valence-electron chi connectivity index (χ2n) is 4.02. The number of carbonyl (C=O) groups excluding carboxylic acids is 2. The SMILES string of the molecule is COC(=O)CC(C)C(=O)c1cc(F)c(OC)c(F)c1. The Labute approximate surface area is 109 Å². The first kappa shape index (κ1) is 15.1. The van der Waals surface area contributed by atoms with Gasteiger partial charge in [0.05, 0.1) is 20.6 Å². The maximum absolute atomic E-state index is 13.5. The molecule has 104 valence electrons. The summed E-state index contributed by atoms with van der Waals surface area (Å²) in [6, 6.07) is 1.77. The van der Waals surface area contributed by atoms with Crippen LogP contribution in [0.3, 0.4) is 0 Å².